The SMILES string of the molecule is COc1cc2c(cc1OCCCCCOc1cc3c(cc1OC)C(=O)N1C=C(OS(=O)(=O)C(F)(F)F)C[C@H]1C(=O)N3COCC[Si](C)(C)C)N(COCC[Si](C)(C)C)C(=O)C1CC(OS(=O)(=O)C(F)(F)F)=CN1C2=O. The Hall–Kier alpha value is -5.57. The van der Waals surface area contributed by atoms with E-state index in [0.717, 1.165) is 32.0 Å². The highest BCUT2D eigenvalue weighted by molar-refractivity contribution is 7.88. The lowest BCUT2D eigenvalue weighted by Gasteiger charge is -2.26. The highest BCUT2D eigenvalue weighted by Crippen LogP contribution is 2.44. The van der Waals surface area contributed by atoms with E-state index in [4.69, 9.17) is 28.4 Å². The van der Waals surface area contributed by atoms with Crippen molar-refractivity contribution in [2.24, 2.45) is 0 Å². The Morgan fingerprint density at radius 3 is 1.23 bits per heavy atom. The van der Waals surface area contributed by atoms with Crippen molar-refractivity contribution in [3.63, 3.8) is 0 Å². The van der Waals surface area contributed by atoms with Crippen LogP contribution in [0.25, 0.3) is 0 Å². The summed E-state index contributed by atoms with van der Waals surface area (Å²) >= 11 is 0. The number of anilines is 2. The van der Waals surface area contributed by atoms with E-state index in [1.54, 1.807) is 0 Å². The lowest BCUT2D eigenvalue weighted by molar-refractivity contribution is -0.123. The Morgan fingerprint density at radius 1 is 0.547 bits per heavy atom. The van der Waals surface area contributed by atoms with Gasteiger partial charge in [-0.3, -0.25) is 38.8 Å². The Labute approximate surface area is 431 Å². The summed E-state index contributed by atoms with van der Waals surface area (Å²) in [5.41, 5.74) is -11.7. The van der Waals surface area contributed by atoms with Gasteiger partial charge in [0.25, 0.3) is 23.6 Å². The van der Waals surface area contributed by atoms with Crippen LogP contribution in [0.5, 0.6) is 23.0 Å². The second-order valence-electron chi connectivity index (χ2n) is 20.0. The Bertz CT molecular complexity index is 2630. The molecule has 0 saturated heterocycles. The molecule has 416 valence electrons. The maximum Gasteiger partial charge on any atom is 0.534 e. The first-order chi connectivity index (χ1) is 34.8. The quantitative estimate of drug-likeness (QED) is 0.0326. The maximum atomic E-state index is 14.2. The number of methoxy groups -OCH3 is 2. The number of unbranched alkanes of at least 4 members (excludes halogenated alkanes) is 2. The third kappa shape index (κ3) is 13.7. The Balaban J connectivity index is 1.16. The molecule has 4 amide bonds. The number of nitrogens with zero attached hydrogens (tertiary/aromatic N) is 4. The van der Waals surface area contributed by atoms with Crippen LogP contribution >= 0.6 is 0 Å². The number of carbonyl (C=O) groups excluding carboxylic acids is 4. The zero-order chi connectivity index (χ0) is 55.6. The number of rotatable bonds is 24. The van der Waals surface area contributed by atoms with E-state index in [9.17, 15) is 62.4 Å². The molecule has 20 nitrogen and oxygen atoms in total. The van der Waals surface area contributed by atoms with E-state index in [-0.39, 0.29) is 85.4 Å². The summed E-state index contributed by atoms with van der Waals surface area (Å²) in [7, 11) is -12.9. The van der Waals surface area contributed by atoms with Gasteiger partial charge in [-0.25, -0.2) is 0 Å². The predicted molar refractivity (Wildman–Crippen MR) is 261 cm³/mol. The molecule has 0 aromatic heterocycles. The summed E-state index contributed by atoms with van der Waals surface area (Å²) < 4.78 is 170. The lowest BCUT2D eigenvalue weighted by atomic mass is 10.1. The number of alkyl halides is 6. The molecule has 0 bridgehead atoms. The standard InChI is InChI=1S/C45H58F6N4O16S2Si2/c1-64-36-20-30-32(54(26-66-14-16-74(3,4)5)42(58)34-18-28(24-52(34)40(30)56)70-72(60,61)44(46,47)48)22-38(36)68-12-10-9-11-13-69-39-23-33-31(21-37(39)65-2)41(57)53-25-29(71-73(62,63)45(49,50)51)19-35(53)43(59)55(33)27-67-15-17-75(6,7)8/h20-25,34-35H,9-19,26-27H2,1-8H3/t34-,35?/m0/s1. The van der Waals surface area contributed by atoms with Gasteiger partial charge in [-0.15, -0.1) is 0 Å². The third-order valence-corrected chi connectivity index (χ3v) is 17.4. The van der Waals surface area contributed by atoms with Gasteiger partial charge in [0.15, 0.2) is 23.0 Å². The molecule has 4 heterocycles. The van der Waals surface area contributed by atoms with Crippen molar-refractivity contribution in [2.45, 2.75) is 107 Å². The third-order valence-electron chi connectivity index (χ3n) is 11.9. The molecule has 6 rings (SSSR count). The number of amides is 4. The molecule has 0 radical (unpaired) electrons. The van der Waals surface area contributed by atoms with Crippen molar-refractivity contribution in [2.75, 3.05) is 63.9 Å². The smallest absolute Gasteiger partial charge is 0.493 e. The van der Waals surface area contributed by atoms with Crippen LogP contribution in [0.1, 0.15) is 52.8 Å². The molecule has 0 spiro atoms. The summed E-state index contributed by atoms with van der Waals surface area (Å²) in [6.45, 7) is 12.6. The zero-order valence-corrected chi connectivity index (χ0v) is 45.8. The van der Waals surface area contributed by atoms with Crippen LogP contribution in [0, 0.1) is 0 Å². The maximum absolute atomic E-state index is 14.2. The van der Waals surface area contributed by atoms with Crippen LogP contribution in [-0.4, -0.2) is 144 Å². The van der Waals surface area contributed by atoms with Crippen molar-refractivity contribution in [1.82, 2.24) is 9.80 Å². The van der Waals surface area contributed by atoms with E-state index >= 15 is 0 Å². The monoisotopic (exact) mass is 1140 g/mol. The second-order valence-corrected chi connectivity index (χ2v) is 34.4. The molecule has 0 N–H and O–H groups in total. The van der Waals surface area contributed by atoms with E-state index in [2.05, 4.69) is 47.6 Å². The second kappa shape index (κ2) is 22.6. The average molecular weight is 1150 g/mol. The highest BCUT2D eigenvalue weighted by Gasteiger charge is 2.53. The predicted octanol–water partition coefficient (Wildman–Crippen LogP) is 7.49. The molecule has 0 aliphatic carbocycles. The van der Waals surface area contributed by atoms with Gasteiger partial charge in [0.2, 0.25) is 0 Å². The summed E-state index contributed by atoms with van der Waals surface area (Å²) in [4.78, 5) is 60.2. The van der Waals surface area contributed by atoms with Crippen molar-refractivity contribution in [3.8, 4) is 23.0 Å². The number of ether oxygens (including phenoxy) is 6. The van der Waals surface area contributed by atoms with Crippen LogP contribution < -0.4 is 28.7 Å². The van der Waals surface area contributed by atoms with Crippen molar-refractivity contribution in [3.05, 3.63) is 59.3 Å². The van der Waals surface area contributed by atoms with Gasteiger partial charge in [0, 0.05) is 66.7 Å². The van der Waals surface area contributed by atoms with Gasteiger partial charge in [0.1, 0.15) is 37.1 Å². The van der Waals surface area contributed by atoms with Crippen molar-refractivity contribution in [1.29, 1.82) is 0 Å². The molecule has 75 heavy (non-hydrogen) atoms. The first kappa shape index (κ1) is 58.7. The number of hydrogen-bond acceptors (Lipinski definition) is 16. The summed E-state index contributed by atoms with van der Waals surface area (Å²) in [5.74, 6) is -4.52. The molecule has 1 unspecified atom stereocenters. The molecule has 2 aromatic rings. The van der Waals surface area contributed by atoms with Gasteiger partial charge in [0.05, 0.1) is 49.9 Å². The largest absolute Gasteiger partial charge is 0.534 e. The molecule has 0 saturated carbocycles. The van der Waals surface area contributed by atoms with Crippen LogP contribution in [-0.2, 0) is 47.7 Å². The van der Waals surface area contributed by atoms with E-state index in [1.165, 1.54) is 38.5 Å². The summed E-state index contributed by atoms with van der Waals surface area (Å²) in [6.07, 6.45) is 1.47. The first-order valence-electron chi connectivity index (χ1n) is 23.3. The van der Waals surface area contributed by atoms with Crippen LogP contribution in [0.3, 0.4) is 0 Å². The number of benzene rings is 2. The molecule has 30 heteroatoms. The van der Waals surface area contributed by atoms with Crippen LogP contribution in [0.2, 0.25) is 51.4 Å². The van der Waals surface area contributed by atoms with Crippen LogP contribution in [0.15, 0.2) is 48.2 Å². The van der Waals surface area contributed by atoms with Gasteiger partial charge in [-0.05, 0) is 43.5 Å². The lowest BCUT2D eigenvalue weighted by Crippen LogP contribution is -2.45. The summed E-state index contributed by atoms with van der Waals surface area (Å²) in [5, 5.41) is 0. The minimum absolute atomic E-state index is 0.0391. The molecule has 2 aromatic carbocycles. The Kier molecular flexibility index (Phi) is 17.7. The first-order valence-corrected chi connectivity index (χ1v) is 33.6. The number of carbonyl (C=O) groups is 4. The molecule has 0 fully saturated rings. The number of halogens is 6. The normalized spacial score (nSPS) is 18.4. The summed E-state index contributed by atoms with van der Waals surface area (Å²) in [6, 6.07) is 3.82. The van der Waals surface area contributed by atoms with Crippen LogP contribution in [0.4, 0.5) is 37.7 Å². The van der Waals surface area contributed by atoms with Crippen molar-refractivity contribution < 1.29 is 99.1 Å². The highest BCUT2D eigenvalue weighted by atomic mass is 32.2. The number of hydrogen-bond donors (Lipinski definition) is 0. The molecule has 4 aliphatic rings. The average Bonchev–Trinajstić information content (AvgIpc) is 3.89. The van der Waals surface area contributed by atoms with Gasteiger partial charge in [-0.1, -0.05) is 39.3 Å². The topological polar surface area (TPSA) is 223 Å². The fraction of sp³-hybridized carbons (Fsp3) is 0.556. The molecular formula is C45H58F6N4O16S2Si2. The fourth-order valence-electron chi connectivity index (χ4n) is 7.86. The van der Waals surface area contributed by atoms with Crippen molar-refractivity contribution >= 4 is 71.4 Å². The molecule has 4 aliphatic heterocycles. The van der Waals surface area contributed by atoms with Gasteiger partial charge < -0.3 is 36.8 Å². The van der Waals surface area contributed by atoms with E-state index in [0.29, 0.717) is 31.4 Å². The van der Waals surface area contributed by atoms with E-state index < -0.39 is 107 Å². The Morgan fingerprint density at radius 2 is 0.907 bits per heavy atom. The minimum Gasteiger partial charge on any atom is -0.493 e. The van der Waals surface area contributed by atoms with E-state index in [1.807, 2.05) is 0 Å². The minimum atomic E-state index is -6.11. The van der Waals surface area contributed by atoms with Gasteiger partial charge >= 0.3 is 31.3 Å². The molecular weight excluding hydrogens is 1090 g/mol. The zero-order valence-electron chi connectivity index (χ0n) is 42.2. The fourth-order valence-corrected chi connectivity index (χ4v) is 10.3. The van der Waals surface area contributed by atoms with Gasteiger partial charge in [-0.2, -0.15) is 43.2 Å². The number of fused-ring (bicyclic) bond motifs is 4. The molecule has 2 atom stereocenters.